The van der Waals surface area contributed by atoms with Gasteiger partial charge in [0, 0.05) is 22.7 Å². The second-order valence-corrected chi connectivity index (χ2v) is 4.58. The highest BCUT2D eigenvalue weighted by molar-refractivity contribution is 6.30. The van der Waals surface area contributed by atoms with E-state index < -0.39 is 0 Å². The van der Waals surface area contributed by atoms with Crippen molar-refractivity contribution in [3.8, 4) is 11.3 Å². The zero-order valence-corrected chi connectivity index (χ0v) is 11.2. The summed E-state index contributed by atoms with van der Waals surface area (Å²) in [7, 11) is 0. The number of benzene rings is 1. The van der Waals surface area contributed by atoms with Gasteiger partial charge in [-0.05, 0) is 18.6 Å². The maximum absolute atomic E-state index is 6.16. The molecule has 0 aliphatic heterocycles. The van der Waals surface area contributed by atoms with E-state index in [2.05, 4.69) is 21.9 Å². The summed E-state index contributed by atoms with van der Waals surface area (Å²) in [6.45, 7) is 2.05. The Hall–Kier alpha value is -2.00. The summed E-state index contributed by atoms with van der Waals surface area (Å²) in [5.74, 6) is 0. The summed E-state index contributed by atoms with van der Waals surface area (Å²) in [6, 6.07) is 10.0. The maximum Gasteiger partial charge on any atom is 0.136 e. The third-order valence-electron chi connectivity index (χ3n) is 3.15. The second kappa shape index (κ2) is 4.94. The molecule has 3 aromatic rings. The van der Waals surface area contributed by atoms with Gasteiger partial charge in [-0.1, -0.05) is 36.7 Å². The first-order chi connectivity index (χ1) is 9.31. The monoisotopic (exact) mass is 269 g/mol. The van der Waals surface area contributed by atoms with E-state index in [1.165, 1.54) is 6.33 Å². The molecule has 19 heavy (non-hydrogen) atoms. The number of rotatable bonds is 2. The van der Waals surface area contributed by atoms with Crippen LogP contribution in [0.4, 0.5) is 0 Å². The zero-order valence-electron chi connectivity index (χ0n) is 10.5. The molecule has 3 nitrogen and oxygen atoms in total. The van der Waals surface area contributed by atoms with E-state index in [1.54, 1.807) is 6.20 Å². The van der Waals surface area contributed by atoms with E-state index in [0.717, 1.165) is 34.1 Å². The molecule has 0 saturated carbocycles. The van der Waals surface area contributed by atoms with Crippen LogP contribution in [0.1, 0.15) is 12.5 Å². The summed E-state index contributed by atoms with van der Waals surface area (Å²) in [5, 5.41) is 1.60. The molecular weight excluding hydrogens is 258 g/mol. The quantitative estimate of drug-likeness (QED) is 0.662. The van der Waals surface area contributed by atoms with Gasteiger partial charge in [0.15, 0.2) is 0 Å². The molecule has 0 N–H and O–H groups in total. The fraction of sp³-hybridized carbons (Fsp3) is 0.133. The van der Waals surface area contributed by atoms with E-state index in [-0.39, 0.29) is 0 Å². The van der Waals surface area contributed by atoms with Crippen LogP contribution >= 0.6 is 11.6 Å². The first-order valence-electron chi connectivity index (χ1n) is 6.14. The van der Waals surface area contributed by atoms with Crippen molar-refractivity contribution >= 4 is 22.5 Å². The van der Waals surface area contributed by atoms with Gasteiger partial charge in [-0.25, -0.2) is 9.97 Å². The molecule has 0 saturated heterocycles. The van der Waals surface area contributed by atoms with Crippen molar-refractivity contribution in [2.24, 2.45) is 0 Å². The highest BCUT2D eigenvalue weighted by Gasteiger charge is 2.12. The Balaban J connectivity index is 2.34. The normalized spacial score (nSPS) is 10.8. The van der Waals surface area contributed by atoms with Crippen molar-refractivity contribution in [1.29, 1.82) is 0 Å². The van der Waals surface area contributed by atoms with Crippen LogP contribution in [0.15, 0.2) is 42.9 Å². The molecule has 0 aliphatic carbocycles. The fourth-order valence-electron chi connectivity index (χ4n) is 2.25. The minimum Gasteiger partial charge on any atom is -0.256 e. The van der Waals surface area contributed by atoms with Gasteiger partial charge in [0.2, 0.25) is 0 Å². The SMILES string of the molecule is CCc1c(Cl)ncnc1-c1cccc2ncccc12. The second-order valence-electron chi connectivity index (χ2n) is 4.22. The molecule has 94 valence electrons. The predicted molar refractivity (Wildman–Crippen MR) is 77.2 cm³/mol. The Kier molecular flexibility index (Phi) is 3.13. The molecule has 2 aromatic heterocycles. The van der Waals surface area contributed by atoms with E-state index >= 15 is 0 Å². The van der Waals surface area contributed by atoms with Gasteiger partial charge in [0.05, 0.1) is 11.2 Å². The minimum absolute atomic E-state index is 0.522. The van der Waals surface area contributed by atoms with Crippen molar-refractivity contribution in [3.63, 3.8) is 0 Å². The lowest BCUT2D eigenvalue weighted by Crippen LogP contribution is -1.96. The van der Waals surface area contributed by atoms with Gasteiger partial charge in [-0.3, -0.25) is 4.98 Å². The molecule has 0 fully saturated rings. The zero-order chi connectivity index (χ0) is 13.2. The lowest BCUT2D eigenvalue weighted by molar-refractivity contribution is 1.05. The molecule has 0 bridgehead atoms. The standard InChI is InChI=1S/C15H12ClN3/c1-2-10-14(18-9-19-15(10)16)12-5-3-7-13-11(12)6-4-8-17-13/h3-9H,2H2,1H3. The highest BCUT2D eigenvalue weighted by atomic mass is 35.5. The Morgan fingerprint density at radius 3 is 2.79 bits per heavy atom. The summed E-state index contributed by atoms with van der Waals surface area (Å²) in [4.78, 5) is 12.8. The van der Waals surface area contributed by atoms with Crippen molar-refractivity contribution < 1.29 is 0 Å². The number of halogens is 1. The van der Waals surface area contributed by atoms with Gasteiger partial charge in [0.1, 0.15) is 11.5 Å². The molecular formula is C15H12ClN3. The maximum atomic E-state index is 6.16. The van der Waals surface area contributed by atoms with Gasteiger partial charge < -0.3 is 0 Å². The average Bonchev–Trinajstić information content (AvgIpc) is 2.46. The van der Waals surface area contributed by atoms with Crippen LogP contribution in [0.2, 0.25) is 5.15 Å². The lowest BCUT2D eigenvalue weighted by Gasteiger charge is -2.10. The van der Waals surface area contributed by atoms with Gasteiger partial charge in [-0.15, -0.1) is 0 Å². The van der Waals surface area contributed by atoms with E-state index in [1.807, 2.05) is 30.3 Å². The smallest absolute Gasteiger partial charge is 0.136 e. The molecule has 3 rings (SSSR count). The topological polar surface area (TPSA) is 38.7 Å². The molecule has 0 spiro atoms. The third kappa shape index (κ3) is 2.06. The van der Waals surface area contributed by atoms with Crippen LogP contribution in [-0.2, 0) is 6.42 Å². The van der Waals surface area contributed by atoms with E-state index in [9.17, 15) is 0 Å². The average molecular weight is 270 g/mol. The van der Waals surface area contributed by atoms with Crippen molar-refractivity contribution in [2.75, 3.05) is 0 Å². The van der Waals surface area contributed by atoms with Crippen molar-refractivity contribution in [1.82, 2.24) is 15.0 Å². The number of hydrogen-bond acceptors (Lipinski definition) is 3. The van der Waals surface area contributed by atoms with Gasteiger partial charge in [-0.2, -0.15) is 0 Å². The largest absolute Gasteiger partial charge is 0.256 e. The first-order valence-corrected chi connectivity index (χ1v) is 6.52. The first kappa shape index (κ1) is 12.1. The molecule has 4 heteroatoms. The number of nitrogens with zero attached hydrogens (tertiary/aromatic N) is 3. The molecule has 0 unspecified atom stereocenters. The van der Waals surface area contributed by atoms with E-state index in [4.69, 9.17) is 11.6 Å². The number of hydrogen-bond donors (Lipinski definition) is 0. The summed E-state index contributed by atoms with van der Waals surface area (Å²) in [5.41, 5.74) is 3.87. The molecule has 1 aromatic carbocycles. The Morgan fingerprint density at radius 2 is 1.95 bits per heavy atom. The molecule has 0 radical (unpaired) electrons. The van der Waals surface area contributed by atoms with Crippen LogP contribution in [0.3, 0.4) is 0 Å². The predicted octanol–water partition coefficient (Wildman–Crippen LogP) is 3.91. The van der Waals surface area contributed by atoms with Crippen LogP contribution in [-0.4, -0.2) is 15.0 Å². The van der Waals surface area contributed by atoms with Gasteiger partial charge in [0.25, 0.3) is 0 Å². The summed E-state index contributed by atoms with van der Waals surface area (Å²) < 4.78 is 0. The van der Waals surface area contributed by atoms with Crippen molar-refractivity contribution in [3.05, 3.63) is 53.6 Å². The van der Waals surface area contributed by atoms with E-state index in [0.29, 0.717) is 5.15 Å². The Labute approximate surface area is 116 Å². The van der Waals surface area contributed by atoms with Crippen LogP contribution in [0.25, 0.3) is 22.2 Å². The Bertz CT molecular complexity index is 735. The molecule has 0 amide bonds. The molecule has 0 aliphatic rings. The summed E-state index contributed by atoms with van der Waals surface area (Å²) in [6.07, 6.45) is 4.09. The van der Waals surface area contributed by atoms with Gasteiger partial charge >= 0.3 is 0 Å². The highest BCUT2D eigenvalue weighted by Crippen LogP contribution is 2.30. The Morgan fingerprint density at radius 1 is 1.05 bits per heavy atom. The number of pyridine rings is 1. The number of fused-ring (bicyclic) bond motifs is 1. The van der Waals surface area contributed by atoms with Crippen LogP contribution in [0.5, 0.6) is 0 Å². The fourth-order valence-corrected chi connectivity index (χ4v) is 2.51. The third-order valence-corrected chi connectivity index (χ3v) is 3.47. The van der Waals surface area contributed by atoms with Crippen LogP contribution < -0.4 is 0 Å². The minimum atomic E-state index is 0.522. The number of aromatic nitrogens is 3. The lowest BCUT2D eigenvalue weighted by atomic mass is 10.0. The van der Waals surface area contributed by atoms with Crippen LogP contribution in [0, 0.1) is 0 Å². The molecule has 2 heterocycles. The van der Waals surface area contributed by atoms with Crippen molar-refractivity contribution in [2.45, 2.75) is 13.3 Å². The summed E-state index contributed by atoms with van der Waals surface area (Å²) >= 11 is 6.16. The molecule has 0 atom stereocenters.